The molecule has 1 radical (unpaired) electrons. The molecular weight excluding hydrogens is 224 g/mol. The van der Waals surface area contributed by atoms with Gasteiger partial charge in [-0.05, 0) is 30.7 Å². The summed E-state index contributed by atoms with van der Waals surface area (Å²) < 4.78 is 22.1. The Morgan fingerprint density at radius 3 is 2.25 bits per heavy atom. The quantitative estimate of drug-likeness (QED) is 0.836. The summed E-state index contributed by atoms with van der Waals surface area (Å²) in [5.41, 5.74) is 2.78. The number of primary sulfonamides is 1. The maximum absolute atomic E-state index is 11.0. The van der Waals surface area contributed by atoms with Crippen LogP contribution < -0.4 is 10.5 Å². The summed E-state index contributed by atoms with van der Waals surface area (Å²) in [5, 5.41) is 9.20. The molecule has 0 aliphatic carbocycles. The van der Waals surface area contributed by atoms with E-state index in [1.54, 1.807) is 18.3 Å². The van der Waals surface area contributed by atoms with E-state index in [0.29, 0.717) is 0 Å². The summed E-state index contributed by atoms with van der Waals surface area (Å²) >= 11 is 0. The molecule has 4 nitrogen and oxygen atoms in total. The van der Waals surface area contributed by atoms with Crippen LogP contribution in [0.15, 0.2) is 47.0 Å². The van der Waals surface area contributed by atoms with Gasteiger partial charge in [-0.25, -0.2) is 13.6 Å². The zero-order valence-electron chi connectivity index (χ0n) is 8.71. The standard InChI is InChI=1S/C11H11N2O2S/c1-8-6-11(13-7-8)9-2-4-10(5-3-9)16(12,14)15/h2-7H,1H3,(H2,12,14,15). The number of rotatable bonds is 2. The summed E-state index contributed by atoms with van der Waals surface area (Å²) in [6.45, 7) is 1.95. The molecule has 16 heavy (non-hydrogen) atoms. The lowest BCUT2D eigenvalue weighted by Gasteiger charge is -2.02. The second-order valence-electron chi connectivity index (χ2n) is 3.60. The molecule has 2 N–H and O–H groups in total. The predicted octanol–water partition coefficient (Wildman–Crippen LogP) is 1.20. The SMILES string of the molecule is CC1=C[N]C(c2ccc(S(N)(=O)=O)cc2)=C1. The number of hydrogen-bond donors (Lipinski definition) is 1. The minimum atomic E-state index is -3.62. The Hall–Kier alpha value is -1.59. The molecule has 0 amide bonds. The predicted molar refractivity (Wildman–Crippen MR) is 61.7 cm³/mol. The number of benzene rings is 1. The van der Waals surface area contributed by atoms with E-state index >= 15 is 0 Å². The van der Waals surface area contributed by atoms with Crippen molar-refractivity contribution >= 4 is 15.7 Å². The Morgan fingerprint density at radius 1 is 1.19 bits per heavy atom. The Balaban J connectivity index is 2.31. The fourth-order valence-corrected chi connectivity index (χ4v) is 1.95. The summed E-state index contributed by atoms with van der Waals surface area (Å²) in [6, 6.07) is 6.35. The highest BCUT2D eigenvalue weighted by Gasteiger charge is 2.10. The van der Waals surface area contributed by atoms with Crippen LogP contribution in [0, 0.1) is 0 Å². The average Bonchev–Trinajstić information content (AvgIpc) is 2.64. The van der Waals surface area contributed by atoms with Crippen LogP contribution in [0.25, 0.3) is 5.70 Å². The molecule has 0 bridgehead atoms. The van der Waals surface area contributed by atoms with Crippen molar-refractivity contribution < 1.29 is 8.42 Å². The van der Waals surface area contributed by atoms with Crippen molar-refractivity contribution in [2.75, 3.05) is 0 Å². The molecule has 0 atom stereocenters. The average molecular weight is 235 g/mol. The molecule has 1 aliphatic heterocycles. The van der Waals surface area contributed by atoms with Crippen LogP contribution in [0.4, 0.5) is 0 Å². The lowest BCUT2D eigenvalue weighted by atomic mass is 10.1. The first-order valence-electron chi connectivity index (χ1n) is 4.69. The Labute approximate surface area is 94.5 Å². The molecule has 1 aliphatic rings. The van der Waals surface area contributed by atoms with E-state index < -0.39 is 10.0 Å². The number of hydrogen-bond acceptors (Lipinski definition) is 2. The second-order valence-corrected chi connectivity index (χ2v) is 5.16. The first-order chi connectivity index (χ1) is 7.47. The van der Waals surface area contributed by atoms with Crippen LogP contribution in [0.1, 0.15) is 12.5 Å². The Kier molecular flexibility index (Phi) is 2.57. The molecule has 0 saturated carbocycles. The van der Waals surface area contributed by atoms with Crippen LogP contribution in [-0.2, 0) is 10.0 Å². The maximum Gasteiger partial charge on any atom is 0.238 e. The third kappa shape index (κ3) is 2.15. The highest BCUT2D eigenvalue weighted by molar-refractivity contribution is 7.89. The molecule has 0 spiro atoms. The van der Waals surface area contributed by atoms with Crippen molar-refractivity contribution in [3.8, 4) is 0 Å². The summed E-state index contributed by atoms with van der Waals surface area (Å²) in [7, 11) is -3.62. The van der Waals surface area contributed by atoms with E-state index in [9.17, 15) is 8.42 Å². The smallest absolute Gasteiger partial charge is 0.238 e. The van der Waals surface area contributed by atoms with Gasteiger partial charge >= 0.3 is 0 Å². The molecule has 0 unspecified atom stereocenters. The van der Waals surface area contributed by atoms with Gasteiger partial charge in [-0.1, -0.05) is 12.1 Å². The molecule has 5 heteroatoms. The fraction of sp³-hybridized carbons (Fsp3) is 0.0909. The van der Waals surface area contributed by atoms with Crippen LogP contribution in [0.2, 0.25) is 0 Å². The highest BCUT2D eigenvalue weighted by atomic mass is 32.2. The van der Waals surface area contributed by atoms with Gasteiger partial charge in [0.15, 0.2) is 0 Å². The van der Waals surface area contributed by atoms with Crippen LogP contribution in [0.3, 0.4) is 0 Å². The third-order valence-corrected chi connectivity index (χ3v) is 3.18. The molecular formula is C11H11N2O2S. The Morgan fingerprint density at radius 2 is 1.81 bits per heavy atom. The fourth-order valence-electron chi connectivity index (χ4n) is 1.43. The van der Waals surface area contributed by atoms with Crippen molar-refractivity contribution in [1.29, 1.82) is 0 Å². The van der Waals surface area contributed by atoms with Crippen molar-refractivity contribution in [2.45, 2.75) is 11.8 Å². The zero-order valence-corrected chi connectivity index (χ0v) is 9.53. The maximum atomic E-state index is 11.0. The van der Waals surface area contributed by atoms with Gasteiger partial charge in [0.1, 0.15) is 0 Å². The van der Waals surface area contributed by atoms with Crippen LogP contribution >= 0.6 is 0 Å². The van der Waals surface area contributed by atoms with E-state index in [1.807, 2.05) is 13.0 Å². The monoisotopic (exact) mass is 235 g/mol. The van der Waals surface area contributed by atoms with E-state index in [1.165, 1.54) is 12.1 Å². The molecule has 0 aromatic heterocycles. The van der Waals surface area contributed by atoms with Gasteiger partial charge in [0.2, 0.25) is 10.0 Å². The number of nitrogens with two attached hydrogens (primary N) is 1. The van der Waals surface area contributed by atoms with Gasteiger partial charge in [-0.3, -0.25) is 5.32 Å². The van der Waals surface area contributed by atoms with E-state index in [4.69, 9.17) is 5.14 Å². The van der Waals surface area contributed by atoms with Crippen molar-refractivity contribution in [3.05, 3.63) is 47.7 Å². The van der Waals surface area contributed by atoms with Gasteiger partial charge in [-0.15, -0.1) is 0 Å². The van der Waals surface area contributed by atoms with Crippen molar-refractivity contribution in [1.82, 2.24) is 5.32 Å². The number of nitrogens with zero attached hydrogens (tertiary/aromatic N) is 1. The van der Waals surface area contributed by atoms with Crippen LogP contribution in [0.5, 0.6) is 0 Å². The van der Waals surface area contributed by atoms with Gasteiger partial charge in [-0.2, -0.15) is 0 Å². The Bertz CT molecular complexity index is 569. The topological polar surface area (TPSA) is 74.3 Å². The van der Waals surface area contributed by atoms with E-state index in [2.05, 4.69) is 5.32 Å². The molecule has 1 aromatic carbocycles. The van der Waals surface area contributed by atoms with Gasteiger partial charge in [0.05, 0.1) is 10.6 Å². The first-order valence-corrected chi connectivity index (χ1v) is 6.24. The van der Waals surface area contributed by atoms with Crippen molar-refractivity contribution in [2.24, 2.45) is 5.14 Å². The van der Waals surface area contributed by atoms with Gasteiger partial charge in [0.25, 0.3) is 0 Å². The third-order valence-electron chi connectivity index (χ3n) is 2.25. The normalized spacial score (nSPS) is 15.4. The van der Waals surface area contributed by atoms with E-state index in [0.717, 1.165) is 16.8 Å². The molecule has 1 aromatic rings. The summed E-state index contributed by atoms with van der Waals surface area (Å²) in [5.74, 6) is 0. The van der Waals surface area contributed by atoms with Crippen molar-refractivity contribution in [3.63, 3.8) is 0 Å². The minimum absolute atomic E-state index is 0.111. The van der Waals surface area contributed by atoms with Crippen LogP contribution in [-0.4, -0.2) is 8.42 Å². The molecule has 1 heterocycles. The summed E-state index contributed by atoms with van der Waals surface area (Å²) in [4.78, 5) is 0.111. The number of allylic oxidation sites excluding steroid dienone is 2. The zero-order chi connectivity index (χ0) is 11.8. The number of sulfonamides is 1. The largest absolute Gasteiger partial charge is 0.256 e. The lowest BCUT2D eigenvalue weighted by molar-refractivity contribution is 0.598. The minimum Gasteiger partial charge on any atom is -0.256 e. The van der Waals surface area contributed by atoms with Gasteiger partial charge in [0, 0.05) is 11.8 Å². The first kappa shape index (κ1) is 10.9. The van der Waals surface area contributed by atoms with Gasteiger partial charge < -0.3 is 0 Å². The molecule has 0 saturated heterocycles. The summed E-state index contributed by atoms with van der Waals surface area (Å²) in [6.07, 6.45) is 3.70. The van der Waals surface area contributed by atoms with E-state index in [-0.39, 0.29) is 4.90 Å². The molecule has 0 fully saturated rings. The second kappa shape index (κ2) is 3.77. The molecule has 2 rings (SSSR count). The lowest BCUT2D eigenvalue weighted by Crippen LogP contribution is -2.11. The molecule has 83 valence electrons. The highest BCUT2D eigenvalue weighted by Crippen LogP contribution is 2.21.